The lowest BCUT2D eigenvalue weighted by Gasteiger charge is -2.12. The van der Waals surface area contributed by atoms with Crippen molar-refractivity contribution in [2.24, 2.45) is 5.92 Å². The minimum atomic E-state index is -1.04. The Morgan fingerprint density at radius 2 is 2.03 bits per heavy atom. The molecule has 29 heavy (non-hydrogen) atoms. The molecule has 1 aliphatic carbocycles. The highest BCUT2D eigenvalue weighted by molar-refractivity contribution is 5.95. The fourth-order valence-corrected chi connectivity index (χ4v) is 3.38. The lowest BCUT2D eigenvalue weighted by Crippen LogP contribution is -2.15. The van der Waals surface area contributed by atoms with E-state index in [0.717, 1.165) is 28.5 Å². The van der Waals surface area contributed by atoms with Crippen LogP contribution in [0.5, 0.6) is 0 Å². The van der Waals surface area contributed by atoms with Crippen LogP contribution in [0.25, 0.3) is 22.0 Å². The minimum absolute atomic E-state index is 0.280. The fraction of sp³-hybridized carbons (Fsp3) is 0.364. The third-order valence-electron chi connectivity index (χ3n) is 5.21. The number of amides is 1. The summed E-state index contributed by atoms with van der Waals surface area (Å²) in [5, 5.41) is 13.6. The zero-order chi connectivity index (χ0) is 20.5. The first-order valence-electron chi connectivity index (χ1n) is 9.82. The fourth-order valence-electron chi connectivity index (χ4n) is 3.38. The summed E-state index contributed by atoms with van der Waals surface area (Å²) in [6.45, 7) is 4.01. The van der Waals surface area contributed by atoms with Crippen molar-refractivity contribution < 1.29 is 14.3 Å². The summed E-state index contributed by atoms with van der Waals surface area (Å²) in [6, 6.07) is 5.56. The predicted octanol–water partition coefficient (Wildman–Crippen LogP) is 4.13. The standard InChI is InChI=1S/C22H23FN4O2/c1-3-4-20(28)19-5-12(2)16(11-25-19)13-6-14-10-26-21(8-18(14)24-9-13)27-22(29)15-7-17(15)23/h5-6,8-11,15,17,20,28H,3-4,7H2,1-2H3,(H,26,27,29)/t15-,17+,20-/m0/s1. The van der Waals surface area contributed by atoms with Gasteiger partial charge in [0.1, 0.15) is 12.0 Å². The molecule has 0 aromatic carbocycles. The van der Waals surface area contributed by atoms with Crippen molar-refractivity contribution in [3.8, 4) is 11.1 Å². The van der Waals surface area contributed by atoms with Crippen molar-refractivity contribution in [2.45, 2.75) is 45.4 Å². The highest BCUT2D eigenvalue weighted by Gasteiger charge is 2.43. The van der Waals surface area contributed by atoms with Gasteiger partial charge in [-0.05, 0) is 37.5 Å². The number of aliphatic hydroxyl groups excluding tert-OH is 1. The maximum Gasteiger partial charge on any atom is 0.231 e. The first-order valence-corrected chi connectivity index (χ1v) is 9.82. The van der Waals surface area contributed by atoms with Crippen molar-refractivity contribution in [2.75, 3.05) is 5.32 Å². The zero-order valence-electron chi connectivity index (χ0n) is 16.4. The second kappa shape index (κ2) is 7.83. The molecule has 1 saturated carbocycles. The molecule has 0 bridgehead atoms. The summed E-state index contributed by atoms with van der Waals surface area (Å²) < 4.78 is 13.0. The van der Waals surface area contributed by atoms with Gasteiger partial charge in [0.25, 0.3) is 0 Å². The van der Waals surface area contributed by atoms with Crippen molar-refractivity contribution in [1.82, 2.24) is 15.0 Å². The number of aromatic nitrogens is 3. The largest absolute Gasteiger partial charge is 0.387 e. The summed E-state index contributed by atoms with van der Waals surface area (Å²) in [7, 11) is 0. The maximum atomic E-state index is 13.0. The molecule has 0 spiro atoms. The smallest absolute Gasteiger partial charge is 0.231 e. The molecule has 1 amide bonds. The normalized spacial score (nSPS) is 19.2. The average Bonchev–Trinajstić information content (AvgIpc) is 3.44. The first kappa shape index (κ1) is 19.4. The van der Waals surface area contributed by atoms with Crippen LogP contribution in [0.1, 0.15) is 43.5 Å². The molecular formula is C22H23FN4O2. The summed E-state index contributed by atoms with van der Waals surface area (Å²) in [4.78, 5) is 25.0. The third-order valence-corrected chi connectivity index (χ3v) is 5.21. The molecule has 2 N–H and O–H groups in total. The third kappa shape index (κ3) is 4.10. The molecule has 7 heteroatoms. The Balaban J connectivity index is 1.57. The molecule has 6 nitrogen and oxygen atoms in total. The highest BCUT2D eigenvalue weighted by atomic mass is 19.1. The molecule has 3 aromatic heterocycles. The monoisotopic (exact) mass is 394 g/mol. The van der Waals surface area contributed by atoms with E-state index in [1.165, 1.54) is 0 Å². The molecule has 3 atom stereocenters. The van der Waals surface area contributed by atoms with Gasteiger partial charge in [-0.3, -0.25) is 14.8 Å². The van der Waals surface area contributed by atoms with Gasteiger partial charge >= 0.3 is 0 Å². The Morgan fingerprint density at radius 1 is 1.24 bits per heavy atom. The molecule has 0 saturated heterocycles. The van der Waals surface area contributed by atoms with Crippen LogP contribution >= 0.6 is 0 Å². The molecular weight excluding hydrogens is 371 g/mol. The van der Waals surface area contributed by atoms with E-state index in [0.29, 0.717) is 23.4 Å². The van der Waals surface area contributed by atoms with Gasteiger partial charge in [-0.2, -0.15) is 0 Å². The molecule has 0 unspecified atom stereocenters. The van der Waals surface area contributed by atoms with Crippen LogP contribution in [0.15, 0.2) is 36.8 Å². The van der Waals surface area contributed by atoms with E-state index in [2.05, 4.69) is 20.3 Å². The lowest BCUT2D eigenvalue weighted by atomic mass is 10.0. The Kier molecular flexibility index (Phi) is 5.24. The number of alkyl halides is 1. The minimum Gasteiger partial charge on any atom is -0.387 e. The SMILES string of the molecule is CCC[C@H](O)c1cc(C)c(-c2cnc3cc(NC(=O)[C@H]4C[C@H]4F)ncc3c2)cn1. The van der Waals surface area contributed by atoms with Crippen molar-refractivity contribution in [1.29, 1.82) is 0 Å². The molecule has 1 fully saturated rings. The predicted molar refractivity (Wildman–Crippen MR) is 109 cm³/mol. The van der Waals surface area contributed by atoms with Crippen LogP contribution in [0.3, 0.4) is 0 Å². The summed E-state index contributed by atoms with van der Waals surface area (Å²) in [6.07, 6.45) is 5.41. The second-order valence-corrected chi connectivity index (χ2v) is 7.56. The summed E-state index contributed by atoms with van der Waals surface area (Å²) in [5.74, 6) is -0.529. The number of aryl methyl sites for hydroxylation is 1. The number of hydrogen-bond acceptors (Lipinski definition) is 5. The van der Waals surface area contributed by atoms with Gasteiger partial charge < -0.3 is 10.4 Å². The Labute approximate surface area is 168 Å². The van der Waals surface area contributed by atoms with Crippen LogP contribution in [0, 0.1) is 12.8 Å². The van der Waals surface area contributed by atoms with Crippen molar-refractivity contribution in [3.05, 3.63) is 48.0 Å². The lowest BCUT2D eigenvalue weighted by molar-refractivity contribution is -0.117. The number of aliphatic hydroxyl groups is 1. The highest BCUT2D eigenvalue weighted by Crippen LogP contribution is 2.34. The quantitative estimate of drug-likeness (QED) is 0.656. The van der Waals surface area contributed by atoms with Crippen LogP contribution < -0.4 is 5.32 Å². The van der Waals surface area contributed by atoms with Crippen LogP contribution in [-0.4, -0.2) is 32.1 Å². The number of hydrogen-bond donors (Lipinski definition) is 2. The molecule has 0 aliphatic heterocycles. The molecule has 3 aromatic rings. The number of carbonyl (C=O) groups is 1. The van der Waals surface area contributed by atoms with Gasteiger partial charge in [-0.1, -0.05) is 13.3 Å². The second-order valence-electron chi connectivity index (χ2n) is 7.56. The molecule has 150 valence electrons. The molecule has 3 heterocycles. The number of carbonyl (C=O) groups excluding carboxylic acids is 1. The van der Waals surface area contributed by atoms with E-state index in [4.69, 9.17) is 0 Å². The van der Waals surface area contributed by atoms with Gasteiger partial charge in [-0.15, -0.1) is 0 Å². The van der Waals surface area contributed by atoms with E-state index in [9.17, 15) is 14.3 Å². The van der Waals surface area contributed by atoms with Crippen molar-refractivity contribution >= 4 is 22.6 Å². The number of nitrogens with zero attached hydrogens (tertiary/aromatic N) is 3. The molecule has 4 rings (SSSR count). The van der Waals surface area contributed by atoms with E-state index in [1.54, 1.807) is 24.7 Å². The maximum absolute atomic E-state index is 13.0. The van der Waals surface area contributed by atoms with Crippen LogP contribution in [-0.2, 0) is 4.79 Å². The van der Waals surface area contributed by atoms with Gasteiger partial charge in [-0.25, -0.2) is 9.37 Å². The topological polar surface area (TPSA) is 88.0 Å². The van der Waals surface area contributed by atoms with E-state index in [1.807, 2.05) is 26.0 Å². The van der Waals surface area contributed by atoms with Crippen molar-refractivity contribution in [3.63, 3.8) is 0 Å². The van der Waals surface area contributed by atoms with Crippen LogP contribution in [0.4, 0.5) is 10.2 Å². The van der Waals surface area contributed by atoms with Gasteiger partial charge in [0.2, 0.25) is 5.91 Å². The Bertz CT molecular complexity index is 1070. The number of anilines is 1. The van der Waals surface area contributed by atoms with Gasteiger partial charge in [0.05, 0.1) is 23.2 Å². The summed E-state index contributed by atoms with van der Waals surface area (Å²) >= 11 is 0. The van der Waals surface area contributed by atoms with Crippen LogP contribution in [0.2, 0.25) is 0 Å². The summed E-state index contributed by atoms with van der Waals surface area (Å²) in [5.41, 5.74) is 4.21. The average molecular weight is 394 g/mol. The Morgan fingerprint density at radius 3 is 2.72 bits per heavy atom. The zero-order valence-corrected chi connectivity index (χ0v) is 16.4. The molecule has 0 radical (unpaired) electrons. The number of halogens is 1. The number of pyridine rings is 3. The van der Waals surface area contributed by atoms with Gasteiger partial charge in [0.15, 0.2) is 0 Å². The van der Waals surface area contributed by atoms with Gasteiger partial charge in [0, 0.05) is 41.2 Å². The Hall–Kier alpha value is -2.93. The van der Waals surface area contributed by atoms with E-state index >= 15 is 0 Å². The van der Waals surface area contributed by atoms with E-state index < -0.39 is 18.2 Å². The number of rotatable bonds is 6. The first-order chi connectivity index (χ1) is 14.0. The van der Waals surface area contributed by atoms with E-state index in [-0.39, 0.29) is 12.3 Å². The number of nitrogens with one attached hydrogen (secondary N) is 1. The molecule has 1 aliphatic rings. The number of fused-ring (bicyclic) bond motifs is 1.